The van der Waals surface area contributed by atoms with Gasteiger partial charge in [-0.2, -0.15) is 0 Å². The molecule has 2 heterocycles. The molecule has 2 fully saturated rings. The number of nitrogens with one attached hydrogen (secondary N) is 1. The predicted molar refractivity (Wildman–Crippen MR) is 140 cm³/mol. The zero-order valence-corrected chi connectivity index (χ0v) is 20.3. The summed E-state index contributed by atoms with van der Waals surface area (Å²) in [5.41, 5.74) is 5.67. The standard InChI is InChI=1S/C29H36N4O/c1-22-13-14-26-27(30-22)11-6-12-28(26)33-19-17-32(18-20-33)16-15-23-7-5-10-25(21-23)31-29(34)24-8-3-2-4-9-24/h5-7,10-14,21,24H,2-4,8-9,15-20H2,1H3,(H,31,34). The van der Waals surface area contributed by atoms with Gasteiger partial charge < -0.3 is 10.2 Å². The van der Waals surface area contributed by atoms with E-state index in [0.29, 0.717) is 0 Å². The summed E-state index contributed by atoms with van der Waals surface area (Å²) in [5, 5.41) is 4.41. The number of benzene rings is 2. The Labute approximate surface area is 203 Å². The van der Waals surface area contributed by atoms with Crippen LogP contribution in [0.2, 0.25) is 0 Å². The van der Waals surface area contributed by atoms with Crippen molar-refractivity contribution in [1.82, 2.24) is 9.88 Å². The highest BCUT2D eigenvalue weighted by atomic mass is 16.1. The van der Waals surface area contributed by atoms with Crippen molar-refractivity contribution in [3.8, 4) is 0 Å². The Morgan fingerprint density at radius 3 is 2.59 bits per heavy atom. The van der Waals surface area contributed by atoms with Crippen molar-refractivity contribution in [2.24, 2.45) is 5.92 Å². The molecule has 1 saturated carbocycles. The third-order valence-electron chi connectivity index (χ3n) is 7.45. The van der Waals surface area contributed by atoms with E-state index in [-0.39, 0.29) is 11.8 Å². The number of carbonyl (C=O) groups excluding carboxylic acids is 1. The minimum absolute atomic E-state index is 0.190. The first-order valence-corrected chi connectivity index (χ1v) is 12.9. The van der Waals surface area contributed by atoms with E-state index in [1.807, 2.05) is 13.0 Å². The van der Waals surface area contributed by atoms with Crippen LogP contribution in [0.4, 0.5) is 11.4 Å². The number of amides is 1. The molecule has 2 aromatic carbocycles. The van der Waals surface area contributed by atoms with Gasteiger partial charge in [-0.15, -0.1) is 0 Å². The van der Waals surface area contributed by atoms with Gasteiger partial charge in [0.1, 0.15) is 0 Å². The quantitative estimate of drug-likeness (QED) is 0.538. The second-order valence-corrected chi connectivity index (χ2v) is 9.90. The molecule has 1 N–H and O–H groups in total. The van der Waals surface area contributed by atoms with Gasteiger partial charge >= 0.3 is 0 Å². The third kappa shape index (κ3) is 5.41. The molecule has 5 nitrogen and oxygen atoms in total. The first kappa shape index (κ1) is 22.9. The Bertz CT molecular complexity index is 1130. The first-order valence-electron chi connectivity index (χ1n) is 12.9. The van der Waals surface area contributed by atoms with Crippen molar-refractivity contribution in [3.05, 3.63) is 65.9 Å². The highest BCUT2D eigenvalue weighted by molar-refractivity contribution is 5.93. The molecule has 0 radical (unpaired) electrons. The van der Waals surface area contributed by atoms with Crippen molar-refractivity contribution in [2.45, 2.75) is 45.4 Å². The fourth-order valence-electron chi connectivity index (χ4n) is 5.43. The van der Waals surface area contributed by atoms with E-state index in [0.717, 1.165) is 68.9 Å². The van der Waals surface area contributed by atoms with Crippen LogP contribution in [-0.2, 0) is 11.2 Å². The second kappa shape index (κ2) is 10.6. The maximum atomic E-state index is 12.6. The lowest BCUT2D eigenvalue weighted by molar-refractivity contribution is -0.120. The average Bonchev–Trinajstić information content (AvgIpc) is 2.88. The van der Waals surface area contributed by atoms with Crippen LogP contribution in [0.3, 0.4) is 0 Å². The monoisotopic (exact) mass is 456 g/mol. The number of pyridine rings is 1. The molecule has 1 amide bonds. The summed E-state index contributed by atoms with van der Waals surface area (Å²) in [7, 11) is 0. The van der Waals surface area contributed by atoms with E-state index in [2.05, 4.69) is 63.6 Å². The number of hydrogen-bond donors (Lipinski definition) is 1. The summed E-state index contributed by atoms with van der Waals surface area (Å²) < 4.78 is 0. The zero-order chi connectivity index (χ0) is 23.3. The number of aromatic nitrogens is 1. The molecule has 1 aliphatic heterocycles. The summed E-state index contributed by atoms with van der Waals surface area (Å²) in [4.78, 5) is 22.3. The smallest absolute Gasteiger partial charge is 0.227 e. The normalized spacial score (nSPS) is 17.7. The Balaban J connectivity index is 1.13. The number of piperazine rings is 1. The molecule has 0 unspecified atom stereocenters. The lowest BCUT2D eigenvalue weighted by Crippen LogP contribution is -2.47. The maximum Gasteiger partial charge on any atom is 0.227 e. The summed E-state index contributed by atoms with van der Waals surface area (Å²) in [5.74, 6) is 0.391. The Morgan fingerprint density at radius 2 is 1.76 bits per heavy atom. The molecule has 5 rings (SSSR count). The second-order valence-electron chi connectivity index (χ2n) is 9.90. The largest absolute Gasteiger partial charge is 0.368 e. The summed E-state index contributed by atoms with van der Waals surface area (Å²) in [6.45, 7) is 7.28. The van der Waals surface area contributed by atoms with Crippen molar-refractivity contribution in [1.29, 1.82) is 0 Å². The topological polar surface area (TPSA) is 48.5 Å². The van der Waals surface area contributed by atoms with Gasteiger partial charge in [0.05, 0.1) is 5.52 Å². The van der Waals surface area contributed by atoms with Crippen LogP contribution in [0, 0.1) is 12.8 Å². The van der Waals surface area contributed by atoms with E-state index in [9.17, 15) is 4.79 Å². The maximum absolute atomic E-state index is 12.6. The van der Waals surface area contributed by atoms with Gasteiger partial charge in [0.15, 0.2) is 0 Å². The molecular formula is C29H36N4O. The number of anilines is 2. The molecule has 1 saturated heterocycles. The Morgan fingerprint density at radius 1 is 0.971 bits per heavy atom. The van der Waals surface area contributed by atoms with E-state index in [1.165, 1.54) is 35.9 Å². The van der Waals surface area contributed by atoms with Crippen LogP contribution < -0.4 is 10.2 Å². The highest BCUT2D eigenvalue weighted by Crippen LogP contribution is 2.27. The van der Waals surface area contributed by atoms with Gasteiger partial charge in [-0.1, -0.05) is 37.5 Å². The molecular weight excluding hydrogens is 420 g/mol. The van der Waals surface area contributed by atoms with Crippen LogP contribution in [0.15, 0.2) is 54.6 Å². The Hall–Kier alpha value is -2.92. The van der Waals surface area contributed by atoms with Crippen LogP contribution in [0.1, 0.15) is 43.4 Å². The molecule has 1 aromatic heterocycles. The molecule has 5 heteroatoms. The summed E-state index contributed by atoms with van der Waals surface area (Å²) in [6, 6.07) is 19.2. The van der Waals surface area contributed by atoms with E-state index in [4.69, 9.17) is 4.98 Å². The molecule has 0 bridgehead atoms. The van der Waals surface area contributed by atoms with Crippen LogP contribution in [0.5, 0.6) is 0 Å². The van der Waals surface area contributed by atoms with Crippen LogP contribution >= 0.6 is 0 Å². The first-order chi connectivity index (χ1) is 16.7. The van der Waals surface area contributed by atoms with Crippen LogP contribution in [-0.4, -0.2) is 48.5 Å². The number of rotatable bonds is 6. The van der Waals surface area contributed by atoms with Crippen molar-refractivity contribution in [2.75, 3.05) is 42.9 Å². The number of aryl methyl sites for hydroxylation is 1. The van der Waals surface area contributed by atoms with Gasteiger partial charge in [-0.3, -0.25) is 14.7 Å². The van der Waals surface area contributed by atoms with Gasteiger partial charge in [-0.25, -0.2) is 0 Å². The number of nitrogens with zero attached hydrogens (tertiary/aromatic N) is 3. The van der Waals surface area contributed by atoms with E-state index < -0.39 is 0 Å². The lowest BCUT2D eigenvalue weighted by atomic mass is 9.88. The zero-order valence-electron chi connectivity index (χ0n) is 20.3. The van der Waals surface area contributed by atoms with Gasteiger partial charge in [0.25, 0.3) is 0 Å². The minimum atomic E-state index is 0.190. The molecule has 3 aromatic rings. The van der Waals surface area contributed by atoms with Crippen molar-refractivity contribution in [3.63, 3.8) is 0 Å². The molecule has 0 spiro atoms. The number of fused-ring (bicyclic) bond motifs is 1. The van der Waals surface area contributed by atoms with Gasteiger partial charge in [-0.05, 0) is 68.1 Å². The SMILES string of the molecule is Cc1ccc2c(N3CCN(CCc4cccc(NC(=O)C5CCCCC5)c4)CC3)cccc2n1. The predicted octanol–water partition coefficient (Wildman–Crippen LogP) is 5.43. The lowest BCUT2D eigenvalue weighted by Gasteiger charge is -2.36. The van der Waals surface area contributed by atoms with E-state index in [1.54, 1.807) is 0 Å². The average molecular weight is 457 g/mol. The van der Waals surface area contributed by atoms with Crippen molar-refractivity contribution >= 4 is 28.2 Å². The molecule has 178 valence electrons. The van der Waals surface area contributed by atoms with E-state index >= 15 is 0 Å². The molecule has 34 heavy (non-hydrogen) atoms. The summed E-state index contributed by atoms with van der Waals surface area (Å²) >= 11 is 0. The highest BCUT2D eigenvalue weighted by Gasteiger charge is 2.21. The minimum Gasteiger partial charge on any atom is -0.368 e. The molecule has 0 atom stereocenters. The van der Waals surface area contributed by atoms with Crippen LogP contribution in [0.25, 0.3) is 10.9 Å². The fraction of sp³-hybridized carbons (Fsp3) is 0.448. The summed E-state index contributed by atoms with van der Waals surface area (Å²) in [6.07, 6.45) is 6.71. The molecule has 2 aliphatic rings. The Kier molecular flexibility index (Phi) is 7.10. The van der Waals surface area contributed by atoms with Crippen molar-refractivity contribution < 1.29 is 4.79 Å². The fourth-order valence-corrected chi connectivity index (χ4v) is 5.43. The number of carbonyl (C=O) groups is 1. The number of hydrogen-bond acceptors (Lipinski definition) is 4. The molecule has 1 aliphatic carbocycles. The van der Waals surface area contributed by atoms with Gasteiger partial charge in [0.2, 0.25) is 5.91 Å². The third-order valence-corrected chi connectivity index (χ3v) is 7.45. The van der Waals surface area contributed by atoms with Gasteiger partial charge in [0, 0.05) is 61.1 Å².